The fraction of sp³-hybridized carbons (Fsp3) is 0.0952. The van der Waals surface area contributed by atoms with Crippen LogP contribution in [0.2, 0.25) is 0 Å². The molecule has 0 saturated heterocycles. The smallest absolute Gasteiger partial charge is 0.138 e. The largest absolute Gasteiger partial charge is 0.398 e. The van der Waals surface area contributed by atoms with Crippen LogP contribution >= 0.6 is 11.8 Å². The summed E-state index contributed by atoms with van der Waals surface area (Å²) in [5.41, 5.74) is 14.2. The normalized spacial score (nSPS) is 12.0. The Bertz CT molecular complexity index is 1040. The van der Waals surface area contributed by atoms with E-state index in [0.29, 0.717) is 0 Å². The maximum atomic E-state index is 9.12. The SMILES string of the molecule is Cc1cc2c(cc1N)N(c1ccccc1)c1cc(SC#N)c(C)cc1N2. The van der Waals surface area contributed by atoms with Gasteiger partial charge in [-0.1, -0.05) is 18.2 Å². The van der Waals surface area contributed by atoms with Crippen molar-refractivity contribution < 1.29 is 0 Å². The quantitative estimate of drug-likeness (QED) is 0.262. The second-order valence-electron chi connectivity index (χ2n) is 6.35. The van der Waals surface area contributed by atoms with Gasteiger partial charge in [0.2, 0.25) is 0 Å². The number of para-hydroxylation sites is 1. The summed E-state index contributed by atoms with van der Waals surface area (Å²) in [6, 6.07) is 18.4. The van der Waals surface area contributed by atoms with E-state index in [0.717, 1.165) is 50.1 Å². The van der Waals surface area contributed by atoms with Crippen molar-refractivity contribution in [3.63, 3.8) is 0 Å². The summed E-state index contributed by atoms with van der Waals surface area (Å²) in [6.07, 6.45) is 0. The van der Waals surface area contributed by atoms with Gasteiger partial charge in [0.05, 0.1) is 22.7 Å². The Morgan fingerprint density at radius 2 is 1.62 bits per heavy atom. The zero-order valence-electron chi connectivity index (χ0n) is 14.6. The van der Waals surface area contributed by atoms with Gasteiger partial charge in [0.25, 0.3) is 0 Å². The summed E-state index contributed by atoms with van der Waals surface area (Å²) in [5, 5.41) is 14.8. The van der Waals surface area contributed by atoms with Crippen molar-refractivity contribution >= 4 is 45.9 Å². The van der Waals surface area contributed by atoms with Crippen LogP contribution in [-0.4, -0.2) is 0 Å². The lowest BCUT2D eigenvalue weighted by atomic mass is 10.0. The van der Waals surface area contributed by atoms with Gasteiger partial charge in [-0.15, -0.1) is 0 Å². The second-order valence-corrected chi connectivity index (χ2v) is 7.18. The standard InChI is InChI=1S/C21H18N4S/c1-13-8-17-19(10-16(13)23)25(15-6-4-3-5-7-15)20-11-21(26-12-22)14(2)9-18(20)24-17/h3-11,24H,23H2,1-2H3. The maximum absolute atomic E-state index is 9.12. The molecule has 4 nitrogen and oxygen atoms in total. The molecule has 128 valence electrons. The molecular weight excluding hydrogens is 340 g/mol. The number of anilines is 6. The lowest BCUT2D eigenvalue weighted by Gasteiger charge is -2.35. The third kappa shape index (κ3) is 2.65. The van der Waals surface area contributed by atoms with Crippen LogP contribution < -0.4 is 16.0 Å². The van der Waals surface area contributed by atoms with Crippen molar-refractivity contribution in [1.29, 1.82) is 5.26 Å². The summed E-state index contributed by atoms with van der Waals surface area (Å²) in [5.74, 6) is 0. The molecule has 0 fully saturated rings. The highest BCUT2D eigenvalue weighted by Gasteiger charge is 2.26. The third-order valence-electron chi connectivity index (χ3n) is 4.60. The van der Waals surface area contributed by atoms with Crippen LogP contribution in [0.15, 0.2) is 59.5 Å². The molecule has 0 aliphatic carbocycles. The highest BCUT2D eigenvalue weighted by atomic mass is 32.2. The number of nitriles is 1. The van der Waals surface area contributed by atoms with E-state index >= 15 is 0 Å². The molecule has 0 amide bonds. The first-order valence-electron chi connectivity index (χ1n) is 8.31. The van der Waals surface area contributed by atoms with Crippen LogP contribution in [0, 0.1) is 24.5 Å². The summed E-state index contributed by atoms with van der Waals surface area (Å²) in [7, 11) is 0. The molecule has 5 heteroatoms. The number of nitrogens with two attached hydrogens (primary N) is 1. The van der Waals surface area contributed by atoms with Crippen molar-refractivity contribution in [2.45, 2.75) is 18.7 Å². The number of nitrogens with zero attached hydrogens (tertiary/aromatic N) is 2. The van der Waals surface area contributed by atoms with Gasteiger partial charge in [-0.3, -0.25) is 0 Å². The number of hydrogen-bond donors (Lipinski definition) is 2. The predicted octanol–water partition coefficient (Wildman–Crippen LogP) is 5.99. The second kappa shape index (κ2) is 6.32. The lowest BCUT2D eigenvalue weighted by Crippen LogP contribution is -2.18. The topological polar surface area (TPSA) is 65.1 Å². The minimum absolute atomic E-state index is 0.758. The first kappa shape index (κ1) is 16.4. The Balaban J connectivity index is 1.98. The van der Waals surface area contributed by atoms with Crippen molar-refractivity contribution in [2.75, 3.05) is 16.0 Å². The average Bonchev–Trinajstić information content (AvgIpc) is 2.63. The Kier molecular flexibility index (Phi) is 3.98. The number of benzene rings is 3. The number of thiocyanates is 1. The lowest BCUT2D eigenvalue weighted by molar-refractivity contribution is 1.20. The molecule has 1 aliphatic heterocycles. The molecule has 0 unspecified atom stereocenters. The number of aryl methyl sites for hydroxylation is 2. The van der Waals surface area contributed by atoms with Crippen LogP contribution in [-0.2, 0) is 0 Å². The van der Waals surface area contributed by atoms with Gasteiger partial charge in [0.1, 0.15) is 5.40 Å². The predicted molar refractivity (Wildman–Crippen MR) is 110 cm³/mol. The Morgan fingerprint density at radius 1 is 0.962 bits per heavy atom. The van der Waals surface area contributed by atoms with Crippen molar-refractivity contribution in [3.05, 3.63) is 65.7 Å². The molecule has 0 saturated carbocycles. The van der Waals surface area contributed by atoms with Crippen LogP contribution in [0.1, 0.15) is 11.1 Å². The highest BCUT2D eigenvalue weighted by Crippen LogP contribution is 2.50. The molecule has 0 radical (unpaired) electrons. The zero-order valence-corrected chi connectivity index (χ0v) is 15.4. The zero-order chi connectivity index (χ0) is 18.3. The molecule has 0 spiro atoms. The van der Waals surface area contributed by atoms with E-state index in [1.807, 2.05) is 38.1 Å². The molecule has 3 aromatic carbocycles. The Hall–Kier alpha value is -3.10. The van der Waals surface area contributed by atoms with Gasteiger partial charge in [-0.25, -0.2) is 0 Å². The van der Waals surface area contributed by atoms with E-state index in [4.69, 9.17) is 11.0 Å². The Morgan fingerprint density at radius 3 is 2.31 bits per heavy atom. The summed E-state index contributed by atoms with van der Waals surface area (Å²) < 4.78 is 0. The van der Waals surface area contributed by atoms with Gasteiger partial charge >= 0.3 is 0 Å². The van der Waals surface area contributed by atoms with Crippen molar-refractivity contribution in [3.8, 4) is 5.40 Å². The number of nitrogen functional groups attached to an aromatic ring is 1. The first-order valence-corrected chi connectivity index (χ1v) is 9.13. The molecule has 4 rings (SSSR count). The van der Waals surface area contributed by atoms with Gasteiger partial charge < -0.3 is 16.0 Å². The molecule has 3 aromatic rings. The van der Waals surface area contributed by atoms with E-state index in [-0.39, 0.29) is 0 Å². The summed E-state index contributed by atoms with van der Waals surface area (Å²) >= 11 is 1.19. The maximum Gasteiger partial charge on any atom is 0.138 e. The highest BCUT2D eigenvalue weighted by molar-refractivity contribution is 8.03. The molecule has 1 aliphatic rings. The molecule has 1 heterocycles. The molecule has 3 N–H and O–H groups in total. The van der Waals surface area contributed by atoms with E-state index in [1.165, 1.54) is 11.8 Å². The number of rotatable bonds is 2. The molecule has 0 bridgehead atoms. The van der Waals surface area contributed by atoms with Gasteiger partial charge in [0.15, 0.2) is 0 Å². The van der Waals surface area contributed by atoms with Crippen LogP contribution in [0.3, 0.4) is 0 Å². The van der Waals surface area contributed by atoms with Gasteiger partial charge in [-0.2, -0.15) is 5.26 Å². The monoisotopic (exact) mass is 358 g/mol. The van der Waals surface area contributed by atoms with Gasteiger partial charge in [0, 0.05) is 16.3 Å². The fourth-order valence-corrected chi connectivity index (χ4v) is 3.74. The van der Waals surface area contributed by atoms with Crippen molar-refractivity contribution in [2.24, 2.45) is 0 Å². The van der Waals surface area contributed by atoms with Crippen LogP contribution in [0.5, 0.6) is 0 Å². The molecule has 0 atom stereocenters. The fourth-order valence-electron chi connectivity index (χ4n) is 3.25. The van der Waals surface area contributed by atoms with Gasteiger partial charge in [-0.05, 0) is 73.1 Å². The van der Waals surface area contributed by atoms with Crippen LogP contribution in [0.25, 0.3) is 0 Å². The number of nitrogens with one attached hydrogen (secondary N) is 1. The van der Waals surface area contributed by atoms with Crippen molar-refractivity contribution in [1.82, 2.24) is 0 Å². The van der Waals surface area contributed by atoms with E-state index in [1.54, 1.807) is 0 Å². The first-order chi connectivity index (χ1) is 12.6. The summed E-state index contributed by atoms with van der Waals surface area (Å²) in [4.78, 5) is 3.15. The number of hydrogen-bond acceptors (Lipinski definition) is 5. The average molecular weight is 358 g/mol. The minimum atomic E-state index is 0.758. The molecule has 26 heavy (non-hydrogen) atoms. The number of thioether (sulfide) groups is 1. The summed E-state index contributed by atoms with van der Waals surface area (Å²) in [6.45, 7) is 4.04. The molecule has 0 aromatic heterocycles. The Labute approximate surface area is 157 Å². The van der Waals surface area contributed by atoms with E-state index in [9.17, 15) is 0 Å². The number of fused-ring (bicyclic) bond motifs is 2. The van der Waals surface area contributed by atoms with E-state index < -0.39 is 0 Å². The van der Waals surface area contributed by atoms with Crippen LogP contribution in [0.4, 0.5) is 34.1 Å². The third-order valence-corrected chi connectivity index (χ3v) is 5.35. The minimum Gasteiger partial charge on any atom is -0.398 e. The van der Waals surface area contributed by atoms with E-state index in [2.05, 4.69) is 45.9 Å². The molecular formula is C21H18N4S.